The first-order chi connectivity index (χ1) is 4.95. The number of carbonyl (C=O) groups is 2. The third-order valence-corrected chi connectivity index (χ3v) is 1.01. The lowest BCUT2D eigenvalue weighted by molar-refractivity contribution is -0.159. The normalized spacial score (nSPS) is 9.45. The van der Waals surface area contributed by atoms with Crippen molar-refractivity contribution in [2.75, 3.05) is 0 Å². The van der Waals surface area contributed by atoms with Gasteiger partial charge in [0.25, 0.3) is 0 Å². The van der Waals surface area contributed by atoms with Crippen molar-refractivity contribution in [3.05, 3.63) is 12.2 Å². The summed E-state index contributed by atoms with van der Waals surface area (Å²) in [6, 6.07) is 0. The van der Waals surface area contributed by atoms with Crippen LogP contribution in [0, 0.1) is 5.92 Å². The molecule has 3 nitrogen and oxygen atoms in total. The second-order valence-corrected chi connectivity index (χ2v) is 2.64. The van der Waals surface area contributed by atoms with Crippen LogP contribution in [0.15, 0.2) is 12.2 Å². The molecule has 0 aromatic carbocycles. The van der Waals surface area contributed by atoms with Gasteiger partial charge in [0, 0.05) is 5.57 Å². The van der Waals surface area contributed by atoms with Gasteiger partial charge in [-0.05, 0) is 6.92 Å². The Labute approximate surface area is 66.0 Å². The van der Waals surface area contributed by atoms with Gasteiger partial charge in [0.15, 0.2) is 0 Å². The summed E-state index contributed by atoms with van der Waals surface area (Å²) in [5, 5.41) is 0. The van der Waals surface area contributed by atoms with Gasteiger partial charge in [-0.15, -0.1) is 0 Å². The molecule has 0 bridgehead atoms. The summed E-state index contributed by atoms with van der Waals surface area (Å²) in [6.45, 7) is 8.16. The fraction of sp³-hybridized carbons (Fsp3) is 0.500. The average Bonchev–Trinajstić information content (AvgIpc) is 1.87. The minimum Gasteiger partial charge on any atom is -0.389 e. The number of hydrogen-bond donors (Lipinski definition) is 0. The van der Waals surface area contributed by atoms with Gasteiger partial charge >= 0.3 is 11.9 Å². The van der Waals surface area contributed by atoms with Crippen LogP contribution in [0.1, 0.15) is 20.8 Å². The van der Waals surface area contributed by atoms with Crippen molar-refractivity contribution in [1.29, 1.82) is 0 Å². The molecule has 62 valence electrons. The van der Waals surface area contributed by atoms with Crippen molar-refractivity contribution in [1.82, 2.24) is 0 Å². The number of ether oxygens (including phenoxy) is 1. The fourth-order valence-corrected chi connectivity index (χ4v) is 0.296. The van der Waals surface area contributed by atoms with Crippen LogP contribution >= 0.6 is 0 Å². The molecule has 0 amide bonds. The highest BCUT2D eigenvalue weighted by Crippen LogP contribution is 1.99. The Morgan fingerprint density at radius 3 is 2.09 bits per heavy atom. The minimum absolute atomic E-state index is 0.235. The van der Waals surface area contributed by atoms with Crippen molar-refractivity contribution < 1.29 is 14.3 Å². The summed E-state index contributed by atoms with van der Waals surface area (Å²) in [7, 11) is 0. The number of carbonyl (C=O) groups excluding carboxylic acids is 2. The highest BCUT2D eigenvalue weighted by molar-refractivity contribution is 5.95. The van der Waals surface area contributed by atoms with Crippen LogP contribution < -0.4 is 0 Å². The highest BCUT2D eigenvalue weighted by atomic mass is 16.6. The van der Waals surface area contributed by atoms with E-state index in [2.05, 4.69) is 11.3 Å². The zero-order valence-corrected chi connectivity index (χ0v) is 7.01. The van der Waals surface area contributed by atoms with Gasteiger partial charge in [0.05, 0.1) is 5.92 Å². The van der Waals surface area contributed by atoms with Crippen LogP contribution in [-0.4, -0.2) is 11.9 Å². The van der Waals surface area contributed by atoms with E-state index in [1.807, 2.05) is 0 Å². The molecule has 0 aliphatic heterocycles. The van der Waals surface area contributed by atoms with Crippen LogP contribution in [0.4, 0.5) is 0 Å². The van der Waals surface area contributed by atoms with Crippen LogP contribution in [0.3, 0.4) is 0 Å². The molecule has 0 N–H and O–H groups in total. The van der Waals surface area contributed by atoms with E-state index < -0.39 is 11.9 Å². The topological polar surface area (TPSA) is 43.4 Å². The molecule has 3 heteroatoms. The molecule has 0 rings (SSSR count). The quantitative estimate of drug-likeness (QED) is 0.343. The Balaban J connectivity index is 3.96. The lowest BCUT2D eigenvalue weighted by Gasteiger charge is -2.03. The molecule has 0 fully saturated rings. The van der Waals surface area contributed by atoms with E-state index >= 15 is 0 Å². The van der Waals surface area contributed by atoms with Gasteiger partial charge in [-0.2, -0.15) is 0 Å². The molecule has 0 heterocycles. The van der Waals surface area contributed by atoms with E-state index in [1.165, 1.54) is 6.92 Å². The van der Waals surface area contributed by atoms with Gasteiger partial charge in [-0.3, -0.25) is 4.79 Å². The van der Waals surface area contributed by atoms with E-state index in [4.69, 9.17) is 0 Å². The van der Waals surface area contributed by atoms with Gasteiger partial charge < -0.3 is 4.74 Å². The second-order valence-electron chi connectivity index (χ2n) is 2.64. The van der Waals surface area contributed by atoms with Gasteiger partial charge in [0.1, 0.15) is 0 Å². The summed E-state index contributed by atoms with van der Waals surface area (Å²) in [5.74, 6) is -1.44. The minimum atomic E-state index is -0.649. The summed E-state index contributed by atoms with van der Waals surface area (Å²) in [5.41, 5.74) is 0.235. The largest absolute Gasteiger partial charge is 0.389 e. The third kappa shape index (κ3) is 3.55. The van der Waals surface area contributed by atoms with Crippen molar-refractivity contribution in [3.8, 4) is 0 Å². The second kappa shape index (κ2) is 3.91. The number of hydrogen-bond acceptors (Lipinski definition) is 3. The van der Waals surface area contributed by atoms with E-state index in [0.29, 0.717) is 0 Å². The molecular weight excluding hydrogens is 144 g/mol. The molecule has 0 aromatic heterocycles. The first-order valence-corrected chi connectivity index (χ1v) is 3.36. The van der Waals surface area contributed by atoms with Crippen molar-refractivity contribution in [3.63, 3.8) is 0 Å². The molecular formula is C8H12O3. The third-order valence-electron chi connectivity index (χ3n) is 1.01. The van der Waals surface area contributed by atoms with Gasteiger partial charge in [-0.25, -0.2) is 4.79 Å². The van der Waals surface area contributed by atoms with Crippen LogP contribution in [0.25, 0.3) is 0 Å². The summed E-state index contributed by atoms with van der Waals surface area (Å²) in [4.78, 5) is 21.5. The Morgan fingerprint density at radius 2 is 1.82 bits per heavy atom. The predicted molar refractivity (Wildman–Crippen MR) is 40.8 cm³/mol. The zero-order chi connectivity index (χ0) is 9.02. The van der Waals surface area contributed by atoms with Crippen LogP contribution in [0.5, 0.6) is 0 Å². The fourth-order valence-electron chi connectivity index (χ4n) is 0.296. The van der Waals surface area contributed by atoms with Gasteiger partial charge in [-0.1, -0.05) is 20.4 Å². The maximum atomic E-state index is 10.8. The lowest BCUT2D eigenvalue weighted by Crippen LogP contribution is -2.17. The number of rotatable bonds is 2. The first-order valence-electron chi connectivity index (χ1n) is 3.36. The first kappa shape index (κ1) is 9.88. The smallest absolute Gasteiger partial charge is 0.340 e. The molecule has 0 aliphatic rings. The average molecular weight is 156 g/mol. The standard InChI is InChI=1S/C8H12O3/c1-5(2)7(9)11-8(10)6(3)4/h6H,1H2,2-4H3. The molecule has 0 saturated carbocycles. The summed E-state index contributed by atoms with van der Waals surface area (Å²) in [6.07, 6.45) is 0. The monoisotopic (exact) mass is 156 g/mol. The summed E-state index contributed by atoms with van der Waals surface area (Å²) >= 11 is 0. The Hall–Kier alpha value is -1.12. The molecule has 11 heavy (non-hydrogen) atoms. The molecule has 0 radical (unpaired) electrons. The molecule has 0 unspecified atom stereocenters. The van der Waals surface area contributed by atoms with E-state index in [0.717, 1.165) is 0 Å². The van der Waals surface area contributed by atoms with E-state index in [-0.39, 0.29) is 11.5 Å². The SMILES string of the molecule is C=C(C)C(=O)OC(=O)C(C)C. The maximum Gasteiger partial charge on any atom is 0.340 e. The Kier molecular flexibility index (Phi) is 3.51. The van der Waals surface area contributed by atoms with Crippen LogP contribution in [0.2, 0.25) is 0 Å². The van der Waals surface area contributed by atoms with Crippen molar-refractivity contribution >= 4 is 11.9 Å². The molecule has 0 atom stereocenters. The van der Waals surface area contributed by atoms with Crippen LogP contribution in [-0.2, 0) is 14.3 Å². The molecule has 0 aliphatic carbocycles. The predicted octanol–water partition coefficient (Wildman–Crippen LogP) is 1.29. The summed E-state index contributed by atoms with van der Waals surface area (Å²) < 4.78 is 4.40. The van der Waals surface area contributed by atoms with Crippen molar-refractivity contribution in [2.24, 2.45) is 5.92 Å². The van der Waals surface area contributed by atoms with Crippen molar-refractivity contribution in [2.45, 2.75) is 20.8 Å². The van der Waals surface area contributed by atoms with E-state index in [1.54, 1.807) is 13.8 Å². The zero-order valence-electron chi connectivity index (χ0n) is 7.01. The maximum absolute atomic E-state index is 10.8. The molecule has 0 aromatic rings. The number of esters is 2. The Morgan fingerprint density at radius 1 is 1.36 bits per heavy atom. The van der Waals surface area contributed by atoms with Gasteiger partial charge in [0.2, 0.25) is 0 Å². The lowest BCUT2D eigenvalue weighted by atomic mass is 10.2. The molecule has 0 saturated heterocycles. The van der Waals surface area contributed by atoms with E-state index in [9.17, 15) is 9.59 Å². The molecule has 0 spiro atoms. The Bertz CT molecular complexity index is 192. The highest BCUT2D eigenvalue weighted by Gasteiger charge is 2.13.